The van der Waals surface area contributed by atoms with Crippen molar-refractivity contribution >= 4 is 20.0 Å². The molecule has 0 amide bonds. The number of ether oxygens (including phenoxy) is 1. The Kier molecular flexibility index (Phi) is 4.94. The fourth-order valence-electron chi connectivity index (χ4n) is 2.28. The van der Waals surface area contributed by atoms with Crippen molar-refractivity contribution in [1.29, 1.82) is 0 Å². The van der Waals surface area contributed by atoms with Crippen molar-refractivity contribution in [3.63, 3.8) is 0 Å². The summed E-state index contributed by atoms with van der Waals surface area (Å²) in [6.07, 6.45) is 0. The smallest absolute Gasteiger partial charge is 0.337 e. The average molecular weight is 249 g/mol. The molecule has 0 unspecified atom stereocenters. The molecule has 93 valence electrons. The molecule has 1 aromatic carbocycles. The van der Waals surface area contributed by atoms with E-state index in [9.17, 15) is 4.79 Å². The maximum absolute atomic E-state index is 11.5. The molecule has 0 saturated heterocycles. The minimum atomic E-state index is -0.627. The Morgan fingerprint density at radius 2 is 1.76 bits per heavy atom. The third-order valence-corrected chi connectivity index (χ3v) is 6.33. The summed E-state index contributed by atoms with van der Waals surface area (Å²) in [7, 11) is 0.795. The molecule has 0 aliphatic rings. The van der Waals surface area contributed by atoms with E-state index < -0.39 is 8.80 Å². The molecule has 0 aliphatic carbocycles. The summed E-state index contributed by atoms with van der Waals surface area (Å²) in [4.78, 5) is 11.5. The minimum Gasteiger partial charge on any atom is -0.465 e. The molecule has 0 heterocycles. The Morgan fingerprint density at radius 1 is 1.18 bits per heavy atom. The van der Waals surface area contributed by atoms with Crippen molar-refractivity contribution in [2.24, 2.45) is 0 Å². The van der Waals surface area contributed by atoms with Crippen molar-refractivity contribution in [3.05, 3.63) is 29.8 Å². The first-order chi connectivity index (χ1) is 7.97. The predicted molar refractivity (Wildman–Crippen MR) is 73.4 cm³/mol. The van der Waals surface area contributed by atoms with E-state index >= 15 is 0 Å². The monoisotopic (exact) mass is 249 g/mol. The van der Waals surface area contributed by atoms with Gasteiger partial charge in [0.15, 0.2) is 0 Å². The van der Waals surface area contributed by atoms with Crippen LogP contribution in [0.25, 0.3) is 0 Å². The summed E-state index contributed by atoms with van der Waals surface area (Å²) < 4.78 is 4.76. The lowest BCUT2D eigenvalue weighted by Gasteiger charge is -2.23. The largest absolute Gasteiger partial charge is 0.465 e. The van der Waals surface area contributed by atoms with Gasteiger partial charge in [-0.2, -0.15) is 0 Å². The second kappa shape index (κ2) is 6.01. The molecule has 1 rings (SSSR count). The zero-order chi connectivity index (χ0) is 13.0. The van der Waals surface area contributed by atoms with Crippen LogP contribution in [0, 0.1) is 0 Å². The standard InChI is InChI=1S/C14H21O2Si/c1-10(2)17(11(3)4)13-8-6-7-12(9-13)14(15)16-5/h6-11H,1-5H3. The van der Waals surface area contributed by atoms with E-state index in [1.165, 1.54) is 12.3 Å². The Balaban J connectivity index is 3.08. The SMILES string of the molecule is COC(=O)c1cccc([Si](C(C)C)C(C)C)c1. The zero-order valence-corrected chi connectivity index (χ0v) is 12.3. The molecule has 3 heteroatoms. The van der Waals surface area contributed by atoms with Crippen molar-refractivity contribution in [1.82, 2.24) is 0 Å². The first-order valence-electron chi connectivity index (χ1n) is 6.02. The fourth-order valence-corrected chi connectivity index (χ4v) is 5.55. The highest BCUT2D eigenvalue weighted by Crippen LogP contribution is 2.20. The molecular formula is C14H21O2Si. The highest BCUT2D eigenvalue weighted by atomic mass is 28.3. The molecule has 0 spiro atoms. The molecule has 0 aliphatic heterocycles. The van der Waals surface area contributed by atoms with E-state index in [1.54, 1.807) is 0 Å². The minimum absolute atomic E-state index is 0.249. The number of carbonyl (C=O) groups is 1. The van der Waals surface area contributed by atoms with Crippen LogP contribution < -0.4 is 5.19 Å². The second-order valence-corrected chi connectivity index (χ2v) is 8.63. The Morgan fingerprint density at radius 3 is 2.24 bits per heavy atom. The van der Waals surface area contributed by atoms with Crippen LogP contribution in [0.5, 0.6) is 0 Å². The van der Waals surface area contributed by atoms with Gasteiger partial charge < -0.3 is 4.74 Å². The molecule has 17 heavy (non-hydrogen) atoms. The third kappa shape index (κ3) is 3.43. The Hall–Kier alpha value is -1.09. The van der Waals surface area contributed by atoms with Gasteiger partial charge in [0.25, 0.3) is 0 Å². The zero-order valence-electron chi connectivity index (χ0n) is 11.3. The van der Waals surface area contributed by atoms with E-state index in [2.05, 4.69) is 33.8 Å². The van der Waals surface area contributed by atoms with Gasteiger partial charge in [-0.3, -0.25) is 0 Å². The number of rotatable bonds is 4. The number of benzene rings is 1. The summed E-state index contributed by atoms with van der Waals surface area (Å²) in [6, 6.07) is 7.91. The summed E-state index contributed by atoms with van der Waals surface area (Å²) in [5.74, 6) is -0.249. The normalized spacial score (nSPS) is 11.3. The average Bonchev–Trinajstić information content (AvgIpc) is 2.27. The molecule has 0 aromatic heterocycles. The summed E-state index contributed by atoms with van der Waals surface area (Å²) in [5, 5.41) is 1.32. The molecule has 2 nitrogen and oxygen atoms in total. The molecule has 1 radical (unpaired) electrons. The Labute approximate surface area is 106 Å². The van der Waals surface area contributed by atoms with Gasteiger partial charge in [0.2, 0.25) is 0 Å². The fraction of sp³-hybridized carbons (Fsp3) is 0.500. The van der Waals surface area contributed by atoms with Crippen molar-refractivity contribution in [2.75, 3.05) is 7.11 Å². The second-order valence-electron chi connectivity index (χ2n) is 4.84. The van der Waals surface area contributed by atoms with Crippen LogP contribution in [0.1, 0.15) is 38.1 Å². The number of hydrogen-bond acceptors (Lipinski definition) is 2. The van der Waals surface area contributed by atoms with Gasteiger partial charge in [0.05, 0.1) is 21.5 Å². The van der Waals surface area contributed by atoms with Crippen LogP contribution in [0.2, 0.25) is 11.1 Å². The van der Waals surface area contributed by atoms with Gasteiger partial charge in [0, 0.05) is 0 Å². The first-order valence-corrected chi connectivity index (χ1v) is 7.68. The van der Waals surface area contributed by atoms with Crippen LogP contribution in [-0.4, -0.2) is 21.9 Å². The summed E-state index contributed by atoms with van der Waals surface area (Å²) >= 11 is 0. The number of esters is 1. The van der Waals surface area contributed by atoms with Crippen LogP contribution in [0.15, 0.2) is 24.3 Å². The Bertz CT molecular complexity index is 378. The quantitative estimate of drug-likeness (QED) is 0.606. The maximum Gasteiger partial charge on any atom is 0.337 e. The lowest BCUT2D eigenvalue weighted by molar-refractivity contribution is 0.0601. The lowest BCUT2D eigenvalue weighted by Crippen LogP contribution is -2.36. The molecule has 0 saturated carbocycles. The van der Waals surface area contributed by atoms with Crippen molar-refractivity contribution in [3.8, 4) is 0 Å². The van der Waals surface area contributed by atoms with Crippen LogP contribution >= 0.6 is 0 Å². The topological polar surface area (TPSA) is 26.3 Å². The first kappa shape index (κ1) is 14.0. The predicted octanol–water partition coefficient (Wildman–Crippen LogP) is 3.00. The number of carbonyl (C=O) groups excluding carboxylic acids is 1. The van der Waals surface area contributed by atoms with Crippen LogP contribution in [0.4, 0.5) is 0 Å². The van der Waals surface area contributed by atoms with E-state index in [1.807, 2.05) is 18.2 Å². The van der Waals surface area contributed by atoms with Gasteiger partial charge in [-0.25, -0.2) is 4.79 Å². The maximum atomic E-state index is 11.5. The highest BCUT2D eigenvalue weighted by Gasteiger charge is 2.22. The molecule has 0 N–H and O–H groups in total. The van der Waals surface area contributed by atoms with Gasteiger partial charge in [-0.1, -0.05) is 45.0 Å². The van der Waals surface area contributed by atoms with E-state index in [-0.39, 0.29) is 5.97 Å². The number of hydrogen-bond donors (Lipinski definition) is 0. The number of methoxy groups -OCH3 is 1. The van der Waals surface area contributed by atoms with E-state index in [0.717, 1.165) is 0 Å². The van der Waals surface area contributed by atoms with Crippen molar-refractivity contribution in [2.45, 2.75) is 38.8 Å². The summed E-state index contributed by atoms with van der Waals surface area (Å²) in [5.41, 5.74) is 1.98. The van der Waals surface area contributed by atoms with E-state index in [0.29, 0.717) is 16.6 Å². The molecular weight excluding hydrogens is 228 g/mol. The molecule has 1 aromatic rings. The molecule has 0 bridgehead atoms. The van der Waals surface area contributed by atoms with Gasteiger partial charge >= 0.3 is 5.97 Å². The van der Waals surface area contributed by atoms with Gasteiger partial charge in [-0.15, -0.1) is 0 Å². The summed E-state index contributed by atoms with van der Waals surface area (Å²) in [6.45, 7) is 9.05. The van der Waals surface area contributed by atoms with Crippen LogP contribution in [0.3, 0.4) is 0 Å². The third-order valence-electron chi connectivity index (χ3n) is 2.86. The van der Waals surface area contributed by atoms with Gasteiger partial charge in [0.1, 0.15) is 0 Å². The van der Waals surface area contributed by atoms with Crippen LogP contribution in [-0.2, 0) is 4.74 Å². The van der Waals surface area contributed by atoms with Gasteiger partial charge in [-0.05, 0) is 23.2 Å². The molecule has 0 atom stereocenters. The lowest BCUT2D eigenvalue weighted by atomic mass is 10.2. The highest BCUT2D eigenvalue weighted by molar-refractivity contribution is 6.75. The van der Waals surface area contributed by atoms with E-state index in [4.69, 9.17) is 4.74 Å². The molecule has 0 fully saturated rings. The van der Waals surface area contributed by atoms with Crippen molar-refractivity contribution < 1.29 is 9.53 Å².